The second kappa shape index (κ2) is 7.88. The first kappa shape index (κ1) is 18.8. The Kier molecular flexibility index (Phi) is 4.93. The summed E-state index contributed by atoms with van der Waals surface area (Å²) in [5.41, 5.74) is 5.25. The third-order valence-corrected chi connectivity index (χ3v) is 6.06. The summed E-state index contributed by atoms with van der Waals surface area (Å²) in [7, 11) is 0. The highest BCUT2D eigenvalue weighted by atomic mass is 35.5. The molecule has 4 nitrogen and oxygen atoms in total. The number of hydrogen-bond donors (Lipinski definition) is 1. The number of pyridine rings is 1. The van der Waals surface area contributed by atoms with Gasteiger partial charge in [-0.2, -0.15) is 0 Å². The van der Waals surface area contributed by atoms with Crippen LogP contribution in [0.2, 0.25) is 5.02 Å². The summed E-state index contributed by atoms with van der Waals surface area (Å²) in [5, 5.41) is 8.54. The van der Waals surface area contributed by atoms with E-state index in [4.69, 9.17) is 16.6 Å². The van der Waals surface area contributed by atoms with Crippen LogP contribution in [0.15, 0.2) is 84.0 Å². The van der Waals surface area contributed by atoms with Crippen LogP contribution >= 0.6 is 11.6 Å². The number of anilines is 1. The molecule has 0 saturated heterocycles. The molecule has 30 heavy (non-hydrogen) atoms. The Balaban J connectivity index is 1.48. The summed E-state index contributed by atoms with van der Waals surface area (Å²) in [6.45, 7) is 0. The molecule has 0 radical (unpaired) electrons. The molecule has 0 spiro atoms. The molecule has 0 amide bonds. The molecule has 5 rings (SSSR count). The molecule has 1 N–H and O–H groups in total. The number of halogens is 1. The van der Waals surface area contributed by atoms with E-state index in [1.807, 2.05) is 42.5 Å². The fourth-order valence-corrected chi connectivity index (χ4v) is 4.45. The van der Waals surface area contributed by atoms with E-state index in [2.05, 4.69) is 34.8 Å². The second-order valence-corrected chi connectivity index (χ2v) is 8.04. The quantitative estimate of drug-likeness (QED) is 0.364. The highest BCUT2D eigenvalue weighted by molar-refractivity contribution is 6.30. The minimum Gasteiger partial charge on any atom is -0.363 e. The zero-order valence-corrected chi connectivity index (χ0v) is 17.0. The Labute approximate surface area is 179 Å². The van der Waals surface area contributed by atoms with Crippen molar-refractivity contribution in [2.75, 3.05) is 5.32 Å². The van der Waals surface area contributed by atoms with E-state index in [0.29, 0.717) is 5.02 Å². The summed E-state index contributed by atoms with van der Waals surface area (Å²) < 4.78 is 0. The van der Waals surface area contributed by atoms with Gasteiger partial charge in [-0.1, -0.05) is 65.3 Å². The molecule has 1 aliphatic rings. The van der Waals surface area contributed by atoms with E-state index >= 15 is 0 Å². The average Bonchev–Trinajstić information content (AvgIpc) is 3.18. The minimum atomic E-state index is -0.603. The van der Waals surface area contributed by atoms with Crippen molar-refractivity contribution in [3.63, 3.8) is 0 Å². The van der Waals surface area contributed by atoms with Crippen LogP contribution in [0, 0.1) is 4.91 Å². The number of benzene rings is 3. The summed E-state index contributed by atoms with van der Waals surface area (Å²) in [4.78, 5) is 16.6. The van der Waals surface area contributed by atoms with Crippen LogP contribution in [0.25, 0.3) is 10.9 Å². The number of fused-ring (bicyclic) bond motifs is 2. The monoisotopic (exact) mass is 413 g/mol. The van der Waals surface area contributed by atoms with Gasteiger partial charge < -0.3 is 5.32 Å². The first-order valence-corrected chi connectivity index (χ1v) is 10.4. The van der Waals surface area contributed by atoms with Gasteiger partial charge in [-0.05, 0) is 65.4 Å². The number of rotatable bonds is 5. The maximum absolute atomic E-state index is 11.7. The lowest BCUT2D eigenvalue weighted by atomic mass is 9.96. The lowest BCUT2D eigenvalue weighted by molar-refractivity contribution is 0.758. The van der Waals surface area contributed by atoms with Gasteiger partial charge in [0, 0.05) is 10.4 Å². The molecule has 1 aliphatic carbocycles. The molecule has 3 aromatic carbocycles. The maximum Gasteiger partial charge on any atom is 0.143 e. The number of aryl methyl sites for hydroxylation is 1. The Morgan fingerprint density at radius 3 is 2.63 bits per heavy atom. The Morgan fingerprint density at radius 2 is 1.80 bits per heavy atom. The molecular weight excluding hydrogens is 394 g/mol. The van der Waals surface area contributed by atoms with Gasteiger partial charge in [0.1, 0.15) is 11.9 Å². The molecule has 2 unspecified atom stereocenters. The second-order valence-electron chi connectivity index (χ2n) is 7.60. The zero-order valence-electron chi connectivity index (χ0n) is 16.3. The van der Waals surface area contributed by atoms with Gasteiger partial charge in [0.25, 0.3) is 0 Å². The molecule has 0 bridgehead atoms. The third kappa shape index (κ3) is 3.44. The molecule has 1 aromatic heterocycles. The van der Waals surface area contributed by atoms with Crippen LogP contribution in [-0.4, -0.2) is 4.98 Å². The van der Waals surface area contributed by atoms with Gasteiger partial charge >= 0.3 is 0 Å². The minimum absolute atomic E-state index is 0.271. The molecule has 0 fully saturated rings. The number of nitrogens with one attached hydrogen (secondary N) is 1. The van der Waals surface area contributed by atoms with Crippen LogP contribution in [-0.2, 0) is 6.42 Å². The van der Waals surface area contributed by atoms with Crippen LogP contribution < -0.4 is 5.32 Å². The first-order chi connectivity index (χ1) is 14.7. The van der Waals surface area contributed by atoms with E-state index in [1.165, 1.54) is 11.1 Å². The highest BCUT2D eigenvalue weighted by Gasteiger charge is 2.22. The van der Waals surface area contributed by atoms with Crippen molar-refractivity contribution in [2.24, 2.45) is 5.18 Å². The van der Waals surface area contributed by atoms with Crippen molar-refractivity contribution in [1.82, 2.24) is 4.98 Å². The summed E-state index contributed by atoms with van der Waals surface area (Å²) in [6.07, 6.45) is 2.14. The summed E-state index contributed by atoms with van der Waals surface area (Å²) in [6, 6.07) is 25.3. The number of hydrogen-bond acceptors (Lipinski definition) is 4. The SMILES string of the molecule is O=NC(c1ccc(Cl)cc1)c1cccc2nc(NC3CCc4ccccc43)ccc12. The smallest absolute Gasteiger partial charge is 0.143 e. The molecule has 1 heterocycles. The average molecular weight is 414 g/mol. The molecule has 4 aromatic rings. The molecule has 2 atom stereocenters. The van der Waals surface area contributed by atoms with Crippen molar-refractivity contribution in [2.45, 2.75) is 24.9 Å². The van der Waals surface area contributed by atoms with Crippen molar-refractivity contribution < 1.29 is 0 Å². The van der Waals surface area contributed by atoms with Crippen molar-refractivity contribution in [1.29, 1.82) is 0 Å². The predicted octanol–water partition coefficient (Wildman–Crippen LogP) is 6.84. The molecule has 0 saturated carbocycles. The third-order valence-electron chi connectivity index (χ3n) is 5.81. The van der Waals surface area contributed by atoms with Gasteiger partial charge in [0.05, 0.1) is 11.6 Å². The predicted molar refractivity (Wildman–Crippen MR) is 122 cm³/mol. The van der Waals surface area contributed by atoms with Crippen molar-refractivity contribution in [3.8, 4) is 0 Å². The lowest BCUT2D eigenvalue weighted by Crippen LogP contribution is -2.08. The van der Waals surface area contributed by atoms with Crippen LogP contribution in [0.4, 0.5) is 5.82 Å². The van der Waals surface area contributed by atoms with Gasteiger partial charge in [-0.15, -0.1) is 4.91 Å². The fraction of sp³-hybridized carbons (Fsp3) is 0.160. The standard InChI is InChI=1S/C25H20ClN3O/c26-18-11-8-17(9-12-18)25(29-30)21-6-3-7-22-20(21)13-15-24(27-22)28-23-14-10-16-4-1-2-5-19(16)23/h1-9,11-13,15,23,25H,10,14H2,(H,27,28). The van der Waals surface area contributed by atoms with E-state index in [9.17, 15) is 4.91 Å². The Morgan fingerprint density at radius 1 is 0.967 bits per heavy atom. The van der Waals surface area contributed by atoms with E-state index in [1.54, 1.807) is 12.1 Å². The number of aromatic nitrogens is 1. The number of nitrogens with zero attached hydrogens (tertiary/aromatic N) is 2. The van der Waals surface area contributed by atoms with Crippen molar-refractivity contribution >= 4 is 28.3 Å². The van der Waals surface area contributed by atoms with E-state index < -0.39 is 6.04 Å². The number of nitroso groups, excluding NO2 is 1. The van der Waals surface area contributed by atoms with Crippen LogP contribution in [0.1, 0.15) is 40.8 Å². The van der Waals surface area contributed by atoms with Gasteiger partial charge in [0.15, 0.2) is 0 Å². The van der Waals surface area contributed by atoms with Crippen molar-refractivity contribution in [3.05, 3.63) is 111 Å². The largest absolute Gasteiger partial charge is 0.363 e. The zero-order chi connectivity index (χ0) is 20.5. The van der Waals surface area contributed by atoms with Gasteiger partial charge in [-0.25, -0.2) is 4.98 Å². The highest BCUT2D eigenvalue weighted by Crippen LogP contribution is 2.35. The normalized spacial score (nSPS) is 16.2. The van der Waals surface area contributed by atoms with Gasteiger partial charge in [-0.3, -0.25) is 0 Å². The molecular formula is C25H20ClN3O. The Hall–Kier alpha value is -3.24. The fourth-order valence-electron chi connectivity index (χ4n) is 4.33. The Bertz CT molecular complexity index is 1220. The first-order valence-electron chi connectivity index (χ1n) is 10.0. The molecule has 5 heteroatoms. The van der Waals surface area contributed by atoms with Crippen LogP contribution in [0.5, 0.6) is 0 Å². The van der Waals surface area contributed by atoms with Gasteiger partial charge in [0.2, 0.25) is 0 Å². The lowest BCUT2D eigenvalue weighted by Gasteiger charge is -2.17. The molecule has 0 aliphatic heterocycles. The maximum atomic E-state index is 11.7. The van der Waals surface area contributed by atoms with E-state index in [0.717, 1.165) is 40.7 Å². The summed E-state index contributed by atoms with van der Waals surface area (Å²) >= 11 is 5.99. The van der Waals surface area contributed by atoms with E-state index in [-0.39, 0.29) is 6.04 Å². The van der Waals surface area contributed by atoms with Crippen LogP contribution in [0.3, 0.4) is 0 Å². The topological polar surface area (TPSA) is 54.4 Å². The molecule has 148 valence electrons. The summed E-state index contributed by atoms with van der Waals surface area (Å²) in [5.74, 6) is 0.837.